The third-order valence-corrected chi connectivity index (χ3v) is 5.68. The zero-order valence-corrected chi connectivity index (χ0v) is 15.8. The number of fused-ring (bicyclic) bond motifs is 3. The molecule has 144 valence electrons. The van der Waals surface area contributed by atoms with E-state index in [9.17, 15) is 4.79 Å². The first-order valence-corrected chi connectivity index (χ1v) is 9.79. The highest BCUT2D eigenvalue weighted by Crippen LogP contribution is 2.35. The van der Waals surface area contributed by atoms with E-state index in [1.165, 1.54) is 6.42 Å². The lowest BCUT2D eigenvalue weighted by Crippen LogP contribution is -2.56. The van der Waals surface area contributed by atoms with Gasteiger partial charge in [0.05, 0.1) is 0 Å². The molecule has 5 rings (SSSR count). The Balaban J connectivity index is 1.25. The summed E-state index contributed by atoms with van der Waals surface area (Å²) < 4.78 is 5.76. The van der Waals surface area contributed by atoms with Gasteiger partial charge in [0.15, 0.2) is 0 Å². The number of nitrogens with one attached hydrogen (secondary N) is 2. The number of benzene rings is 2. The van der Waals surface area contributed by atoms with E-state index in [-0.39, 0.29) is 6.03 Å². The van der Waals surface area contributed by atoms with Crippen LogP contribution in [-0.4, -0.2) is 36.6 Å². The monoisotopic (exact) mass is 375 g/mol. The maximum Gasteiger partial charge on any atom is 0.319 e. The number of piperidine rings is 3. The summed E-state index contributed by atoms with van der Waals surface area (Å²) in [5, 5.41) is 5.88. The number of terminal acetylenes is 1. The van der Waals surface area contributed by atoms with E-state index in [0.29, 0.717) is 24.4 Å². The molecule has 3 fully saturated rings. The minimum Gasteiger partial charge on any atom is -0.457 e. The molecule has 3 aliphatic heterocycles. The van der Waals surface area contributed by atoms with Crippen LogP contribution in [0.3, 0.4) is 0 Å². The van der Waals surface area contributed by atoms with Crippen molar-refractivity contribution in [3.63, 3.8) is 0 Å². The first-order valence-electron chi connectivity index (χ1n) is 9.79. The molecule has 1 unspecified atom stereocenters. The Labute approximate surface area is 166 Å². The molecule has 3 saturated heterocycles. The Bertz CT molecular complexity index is 844. The lowest BCUT2D eigenvalue weighted by molar-refractivity contribution is 0.0242. The predicted molar refractivity (Wildman–Crippen MR) is 110 cm³/mol. The molecule has 2 N–H and O–H groups in total. The molecule has 2 amide bonds. The molecular formula is C23H25N3O2. The number of hydrogen-bond acceptors (Lipinski definition) is 3. The van der Waals surface area contributed by atoms with Crippen molar-refractivity contribution in [2.45, 2.75) is 18.9 Å². The Hall–Kier alpha value is -2.97. The smallest absolute Gasteiger partial charge is 0.319 e. The minimum absolute atomic E-state index is 0.187. The van der Waals surface area contributed by atoms with Crippen LogP contribution in [0.15, 0.2) is 54.6 Å². The Morgan fingerprint density at radius 2 is 1.89 bits per heavy atom. The molecular weight excluding hydrogens is 350 g/mol. The molecule has 2 aromatic carbocycles. The average molecular weight is 375 g/mol. The number of carbonyl (C=O) groups is 1. The quantitative estimate of drug-likeness (QED) is 0.778. The summed E-state index contributed by atoms with van der Waals surface area (Å²) in [6.45, 7) is 2.69. The van der Waals surface area contributed by atoms with Crippen LogP contribution in [0.5, 0.6) is 11.5 Å². The number of amides is 2. The molecule has 2 aromatic rings. The maximum atomic E-state index is 12.3. The van der Waals surface area contributed by atoms with Crippen LogP contribution in [0.25, 0.3) is 0 Å². The van der Waals surface area contributed by atoms with Gasteiger partial charge in [-0.1, -0.05) is 18.2 Å². The average Bonchev–Trinajstić information content (AvgIpc) is 2.75. The van der Waals surface area contributed by atoms with E-state index in [0.717, 1.165) is 36.7 Å². The minimum atomic E-state index is -0.187. The van der Waals surface area contributed by atoms with Crippen molar-refractivity contribution in [3.05, 3.63) is 54.6 Å². The summed E-state index contributed by atoms with van der Waals surface area (Å²) in [7, 11) is 0. The van der Waals surface area contributed by atoms with Crippen molar-refractivity contribution in [3.8, 4) is 23.8 Å². The standard InChI is InChI=1S/C23H25N3O2/c1-2-17-16-26-13-12-18(17)14-20(26)15-24-23(27)25-19-8-10-22(11-9-19)28-21-6-4-3-5-7-21/h1,3-11,17-18,20H,12-16H2,(H2,24,25,27)/t17-,18-,20+/m0/s1. The van der Waals surface area contributed by atoms with Crippen LogP contribution in [0.4, 0.5) is 10.5 Å². The summed E-state index contributed by atoms with van der Waals surface area (Å²) in [4.78, 5) is 14.7. The third kappa shape index (κ3) is 4.29. The predicted octanol–water partition coefficient (Wildman–Crippen LogP) is 3.94. The molecule has 0 aliphatic carbocycles. The highest BCUT2D eigenvalue weighted by atomic mass is 16.5. The number of anilines is 1. The van der Waals surface area contributed by atoms with Crippen LogP contribution in [-0.2, 0) is 0 Å². The Kier molecular flexibility index (Phi) is 5.50. The second-order valence-electron chi connectivity index (χ2n) is 7.48. The van der Waals surface area contributed by atoms with Crippen molar-refractivity contribution in [1.29, 1.82) is 0 Å². The Morgan fingerprint density at radius 1 is 1.14 bits per heavy atom. The van der Waals surface area contributed by atoms with Crippen molar-refractivity contribution in [2.75, 3.05) is 25.0 Å². The summed E-state index contributed by atoms with van der Waals surface area (Å²) in [5.41, 5.74) is 0.732. The molecule has 28 heavy (non-hydrogen) atoms. The van der Waals surface area contributed by atoms with E-state index in [2.05, 4.69) is 21.5 Å². The number of rotatable bonds is 5. The van der Waals surface area contributed by atoms with Crippen LogP contribution in [0, 0.1) is 24.2 Å². The highest BCUT2D eigenvalue weighted by Gasteiger charge is 2.39. The fourth-order valence-electron chi connectivity index (χ4n) is 4.16. The van der Waals surface area contributed by atoms with Gasteiger partial charge in [0.1, 0.15) is 11.5 Å². The Morgan fingerprint density at radius 3 is 2.57 bits per heavy atom. The second-order valence-corrected chi connectivity index (χ2v) is 7.48. The molecule has 0 saturated carbocycles. The van der Waals surface area contributed by atoms with Gasteiger partial charge in [0, 0.05) is 30.7 Å². The van der Waals surface area contributed by atoms with Gasteiger partial charge in [-0.15, -0.1) is 12.3 Å². The van der Waals surface area contributed by atoms with Gasteiger partial charge < -0.3 is 15.4 Å². The largest absolute Gasteiger partial charge is 0.457 e. The number of hydrogen-bond donors (Lipinski definition) is 2. The van der Waals surface area contributed by atoms with E-state index < -0.39 is 0 Å². The van der Waals surface area contributed by atoms with Gasteiger partial charge in [-0.3, -0.25) is 4.90 Å². The van der Waals surface area contributed by atoms with Gasteiger partial charge in [-0.25, -0.2) is 4.79 Å². The highest BCUT2D eigenvalue weighted by molar-refractivity contribution is 5.89. The van der Waals surface area contributed by atoms with E-state index in [4.69, 9.17) is 11.2 Å². The first-order chi connectivity index (χ1) is 13.7. The molecule has 0 spiro atoms. The van der Waals surface area contributed by atoms with Crippen LogP contribution in [0.1, 0.15) is 12.8 Å². The van der Waals surface area contributed by atoms with Crippen molar-refractivity contribution >= 4 is 11.7 Å². The first kappa shape index (κ1) is 18.4. The molecule has 0 aromatic heterocycles. The lowest BCUT2D eigenvalue weighted by Gasteiger charge is -2.48. The third-order valence-electron chi connectivity index (χ3n) is 5.68. The maximum absolute atomic E-state index is 12.3. The summed E-state index contributed by atoms with van der Waals surface area (Å²) >= 11 is 0. The number of para-hydroxylation sites is 1. The summed E-state index contributed by atoms with van der Waals surface area (Å²) in [6.07, 6.45) is 7.88. The zero-order valence-electron chi connectivity index (χ0n) is 15.8. The van der Waals surface area contributed by atoms with Crippen LogP contribution in [0.2, 0.25) is 0 Å². The molecule has 5 nitrogen and oxygen atoms in total. The summed E-state index contributed by atoms with van der Waals surface area (Å²) in [6, 6.07) is 17.2. The molecule has 4 atom stereocenters. The van der Waals surface area contributed by atoms with Crippen molar-refractivity contribution in [1.82, 2.24) is 10.2 Å². The molecule has 2 bridgehead atoms. The van der Waals surface area contributed by atoms with Crippen LogP contribution < -0.4 is 15.4 Å². The fraction of sp³-hybridized carbons (Fsp3) is 0.348. The zero-order chi connectivity index (χ0) is 19.3. The van der Waals surface area contributed by atoms with E-state index >= 15 is 0 Å². The summed E-state index contributed by atoms with van der Waals surface area (Å²) in [5.74, 6) is 5.40. The lowest BCUT2D eigenvalue weighted by atomic mass is 9.76. The van der Waals surface area contributed by atoms with Crippen LogP contribution >= 0.6 is 0 Å². The topological polar surface area (TPSA) is 53.6 Å². The van der Waals surface area contributed by atoms with Gasteiger partial charge in [0.25, 0.3) is 0 Å². The van der Waals surface area contributed by atoms with E-state index in [1.807, 2.05) is 54.6 Å². The SMILES string of the molecule is C#C[C@H]1CN2CC[C@H]1C[C@@H]2CNC(=O)Nc1ccc(Oc2ccccc2)cc1. The van der Waals surface area contributed by atoms with Crippen molar-refractivity contribution < 1.29 is 9.53 Å². The number of urea groups is 1. The molecule has 5 heteroatoms. The van der Waals surface area contributed by atoms with Gasteiger partial charge in [-0.2, -0.15) is 0 Å². The molecule has 3 aliphatic rings. The normalized spacial score (nSPS) is 25.5. The molecule has 0 radical (unpaired) electrons. The fourth-order valence-corrected chi connectivity index (χ4v) is 4.16. The van der Waals surface area contributed by atoms with Crippen molar-refractivity contribution in [2.24, 2.45) is 11.8 Å². The second kappa shape index (κ2) is 8.37. The van der Waals surface area contributed by atoms with Gasteiger partial charge in [-0.05, 0) is 61.7 Å². The molecule has 3 heterocycles. The number of nitrogens with zero attached hydrogens (tertiary/aromatic N) is 1. The number of carbonyl (C=O) groups excluding carboxylic acids is 1. The van der Waals surface area contributed by atoms with Gasteiger partial charge >= 0.3 is 6.03 Å². The van der Waals surface area contributed by atoms with E-state index in [1.54, 1.807) is 0 Å². The number of ether oxygens (including phenoxy) is 1. The van der Waals surface area contributed by atoms with Gasteiger partial charge in [0.2, 0.25) is 0 Å².